The summed E-state index contributed by atoms with van der Waals surface area (Å²) in [5, 5.41) is 11.7. The third kappa shape index (κ3) is 3.82. The Balaban J connectivity index is 1.48. The maximum atomic E-state index is 12.7. The van der Waals surface area contributed by atoms with E-state index in [-0.39, 0.29) is 11.7 Å². The Hall–Kier alpha value is -3.00. The zero-order valence-electron chi connectivity index (χ0n) is 16.2. The van der Waals surface area contributed by atoms with Crippen molar-refractivity contribution in [3.05, 3.63) is 54.4 Å². The van der Waals surface area contributed by atoms with Crippen LogP contribution in [-0.4, -0.2) is 55.5 Å². The van der Waals surface area contributed by atoms with Gasteiger partial charge in [-0.05, 0) is 45.1 Å². The van der Waals surface area contributed by atoms with Crippen molar-refractivity contribution in [2.75, 3.05) is 25.5 Å². The Morgan fingerprint density at radius 3 is 2.68 bits per heavy atom. The van der Waals surface area contributed by atoms with E-state index in [1.165, 1.54) is 0 Å². The number of anilines is 1. The molecule has 0 radical (unpaired) electrons. The summed E-state index contributed by atoms with van der Waals surface area (Å²) >= 11 is 0. The van der Waals surface area contributed by atoms with Crippen LogP contribution < -0.4 is 5.32 Å². The van der Waals surface area contributed by atoms with Crippen LogP contribution in [-0.2, 0) is 6.42 Å². The molecule has 0 saturated carbocycles. The molecule has 1 aliphatic heterocycles. The van der Waals surface area contributed by atoms with Crippen LogP contribution in [0.2, 0.25) is 0 Å². The lowest BCUT2D eigenvalue weighted by Gasteiger charge is -2.28. The summed E-state index contributed by atoms with van der Waals surface area (Å²) in [6, 6.07) is 10.1. The van der Waals surface area contributed by atoms with E-state index in [1.807, 2.05) is 48.1 Å². The summed E-state index contributed by atoms with van der Waals surface area (Å²) in [5.41, 5.74) is 1.55. The van der Waals surface area contributed by atoms with Gasteiger partial charge in [0.15, 0.2) is 0 Å². The maximum absolute atomic E-state index is 12.7. The molecule has 2 aromatic heterocycles. The second kappa shape index (κ2) is 7.93. The normalized spacial score (nSPS) is 15.6. The molecule has 0 unspecified atom stereocenters. The van der Waals surface area contributed by atoms with E-state index in [4.69, 9.17) is 0 Å². The molecule has 0 spiro atoms. The third-order valence-corrected chi connectivity index (χ3v) is 5.12. The van der Waals surface area contributed by atoms with E-state index in [0.29, 0.717) is 18.2 Å². The summed E-state index contributed by atoms with van der Waals surface area (Å²) in [6.07, 6.45) is 6.39. The van der Waals surface area contributed by atoms with E-state index in [1.54, 1.807) is 10.9 Å². The molecule has 3 heterocycles. The van der Waals surface area contributed by atoms with Gasteiger partial charge in [0.2, 0.25) is 5.82 Å². The van der Waals surface area contributed by atoms with E-state index < -0.39 is 0 Å². The number of hydrogen-bond donors (Lipinski definition) is 1. The summed E-state index contributed by atoms with van der Waals surface area (Å²) in [5.74, 6) is 0.582. The number of carbonyl (C=O) groups excluding carboxylic acids is 1. The first-order valence-electron chi connectivity index (χ1n) is 9.69. The minimum absolute atomic E-state index is 0.160. The number of carbonyl (C=O) groups is 1. The van der Waals surface area contributed by atoms with Gasteiger partial charge in [-0.25, -0.2) is 9.67 Å². The van der Waals surface area contributed by atoms with E-state index >= 15 is 0 Å². The molecule has 4 rings (SSSR count). The molecule has 0 bridgehead atoms. The second-order valence-corrected chi connectivity index (χ2v) is 7.15. The average Bonchev–Trinajstić information content (AvgIpc) is 3.36. The van der Waals surface area contributed by atoms with Crippen molar-refractivity contribution in [1.29, 1.82) is 0 Å². The molecule has 8 heteroatoms. The average molecular weight is 379 g/mol. The van der Waals surface area contributed by atoms with E-state index in [9.17, 15) is 4.79 Å². The van der Waals surface area contributed by atoms with Gasteiger partial charge < -0.3 is 10.2 Å². The number of benzene rings is 1. The van der Waals surface area contributed by atoms with Crippen LogP contribution >= 0.6 is 0 Å². The van der Waals surface area contributed by atoms with Crippen LogP contribution in [0.25, 0.3) is 5.69 Å². The summed E-state index contributed by atoms with van der Waals surface area (Å²) in [4.78, 5) is 19.4. The Labute approximate surface area is 164 Å². The number of amides is 1. The van der Waals surface area contributed by atoms with Crippen LogP contribution in [0.4, 0.5) is 5.69 Å². The first-order chi connectivity index (χ1) is 13.6. The summed E-state index contributed by atoms with van der Waals surface area (Å²) < 4.78 is 3.67. The highest BCUT2D eigenvalue weighted by molar-refractivity contribution is 6.01. The van der Waals surface area contributed by atoms with Gasteiger partial charge >= 0.3 is 0 Å². The van der Waals surface area contributed by atoms with Crippen LogP contribution in [0.1, 0.15) is 42.3 Å². The van der Waals surface area contributed by atoms with Gasteiger partial charge in [-0.3, -0.25) is 9.48 Å². The maximum Gasteiger partial charge on any atom is 0.295 e. The molecule has 146 valence electrons. The second-order valence-electron chi connectivity index (χ2n) is 7.15. The summed E-state index contributed by atoms with van der Waals surface area (Å²) in [7, 11) is 2.14. The number of aryl methyl sites for hydroxylation is 1. The Morgan fingerprint density at radius 2 is 1.96 bits per heavy atom. The molecule has 1 N–H and O–H groups in total. The number of nitrogens with zero attached hydrogens (tertiary/aromatic N) is 6. The van der Waals surface area contributed by atoms with Gasteiger partial charge in [-0.2, -0.15) is 5.10 Å². The molecule has 0 atom stereocenters. The van der Waals surface area contributed by atoms with Crippen LogP contribution in [0.15, 0.2) is 42.7 Å². The quantitative estimate of drug-likeness (QED) is 0.737. The molecule has 1 amide bonds. The molecule has 1 aliphatic rings. The predicted octanol–water partition coefficient (Wildman–Crippen LogP) is 2.55. The highest BCUT2D eigenvalue weighted by Crippen LogP contribution is 2.22. The molecule has 1 aromatic carbocycles. The zero-order chi connectivity index (χ0) is 19.5. The molecular weight excluding hydrogens is 354 g/mol. The minimum atomic E-state index is -0.327. The lowest BCUT2D eigenvalue weighted by atomic mass is 10.1. The largest absolute Gasteiger partial charge is 0.316 e. The Morgan fingerprint density at radius 1 is 1.21 bits per heavy atom. The van der Waals surface area contributed by atoms with Crippen LogP contribution in [0.3, 0.4) is 0 Å². The monoisotopic (exact) mass is 379 g/mol. The number of aromatic nitrogens is 5. The van der Waals surface area contributed by atoms with Gasteiger partial charge in [0, 0.05) is 12.6 Å². The van der Waals surface area contributed by atoms with E-state index in [2.05, 4.69) is 32.4 Å². The first kappa shape index (κ1) is 18.4. The fourth-order valence-electron chi connectivity index (χ4n) is 3.49. The standard InChI is InChI=1S/C20H25N7O/c1-3-18-23-19(24-27(18)17-7-5-4-6-8-17)20(28)22-15-13-21-26(14-15)16-9-11-25(2)12-10-16/h4-8,13-14,16H,3,9-12H2,1-2H3,(H,22,28). The van der Waals surface area contributed by atoms with Crippen LogP contribution in [0, 0.1) is 0 Å². The minimum Gasteiger partial charge on any atom is -0.316 e. The van der Waals surface area contributed by atoms with Gasteiger partial charge in [0.1, 0.15) is 5.82 Å². The molecule has 0 aliphatic carbocycles. The van der Waals surface area contributed by atoms with Crippen molar-refractivity contribution >= 4 is 11.6 Å². The van der Waals surface area contributed by atoms with Gasteiger partial charge in [0.05, 0.1) is 23.6 Å². The molecule has 1 fully saturated rings. The number of piperidine rings is 1. The number of nitrogens with one attached hydrogen (secondary N) is 1. The van der Waals surface area contributed by atoms with E-state index in [0.717, 1.165) is 37.4 Å². The number of para-hydroxylation sites is 1. The fourth-order valence-corrected chi connectivity index (χ4v) is 3.49. The Bertz CT molecular complexity index is 939. The van der Waals surface area contributed by atoms with Crippen molar-refractivity contribution < 1.29 is 4.79 Å². The van der Waals surface area contributed by atoms with Gasteiger partial charge in [-0.1, -0.05) is 25.1 Å². The van der Waals surface area contributed by atoms with Crippen molar-refractivity contribution in [2.24, 2.45) is 0 Å². The van der Waals surface area contributed by atoms with Crippen molar-refractivity contribution in [2.45, 2.75) is 32.2 Å². The van der Waals surface area contributed by atoms with Crippen molar-refractivity contribution in [3.8, 4) is 5.69 Å². The highest BCUT2D eigenvalue weighted by atomic mass is 16.2. The first-order valence-corrected chi connectivity index (χ1v) is 9.69. The van der Waals surface area contributed by atoms with Crippen molar-refractivity contribution in [3.63, 3.8) is 0 Å². The number of hydrogen-bond acceptors (Lipinski definition) is 5. The highest BCUT2D eigenvalue weighted by Gasteiger charge is 2.20. The lowest BCUT2D eigenvalue weighted by Crippen LogP contribution is -2.31. The fraction of sp³-hybridized carbons (Fsp3) is 0.400. The lowest BCUT2D eigenvalue weighted by molar-refractivity contribution is 0.101. The topological polar surface area (TPSA) is 80.9 Å². The van der Waals surface area contributed by atoms with Gasteiger partial charge in [-0.15, -0.1) is 5.10 Å². The predicted molar refractivity (Wildman–Crippen MR) is 107 cm³/mol. The van der Waals surface area contributed by atoms with Crippen molar-refractivity contribution in [1.82, 2.24) is 29.4 Å². The molecule has 28 heavy (non-hydrogen) atoms. The number of rotatable bonds is 5. The number of likely N-dealkylation sites (tertiary alicyclic amines) is 1. The molecular formula is C20H25N7O. The summed E-state index contributed by atoms with van der Waals surface area (Å²) in [6.45, 7) is 4.12. The molecule has 3 aromatic rings. The molecule has 8 nitrogen and oxygen atoms in total. The Kier molecular flexibility index (Phi) is 5.21. The SMILES string of the molecule is CCc1nc(C(=O)Nc2cnn(C3CCN(C)CC3)c2)nn1-c1ccccc1. The van der Waals surface area contributed by atoms with Crippen LogP contribution in [0.5, 0.6) is 0 Å². The smallest absolute Gasteiger partial charge is 0.295 e. The molecule has 1 saturated heterocycles. The zero-order valence-corrected chi connectivity index (χ0v) is 16.2. The van der Waals surface area contributed by atoms with Gasteiger partial charge in [0.25, 0.3) is 5.91 Å². The third-order valence-electron chi connectivity index (χ3n) is 5.12.